The number of rotatable bonds is 3. The summed E-state index contributed by atoms with van der Waals surface area (Å²) in [6.45, 7) is 4.35. The fraction of sp³-hybridized carbons (Fsp3) is 0.200. The normalized spacial score (nSPS) is 12.2. The van der Waals surface area contributed by atoms with E-state index in [1.54, 1.807) is 0 Å². The number of anilines is 1. The van der Waals surface area contributed by atoms with Gasteiger partial charge in [0.15, 0.2) is 0 Å². The second kappa shape index (κ2) is 5.54. The molecule has 1 nitrogen and oxygen atoms in total. The van der Waals surface area contributed by atoms with Gasteiger partial charge in [-0.3, -0.25) is 0 Å². The van der Waals surface area contributed by atoms with Crippen LogP contribution >= 0.6 is 22.6 Å². The molecular weight excluding hydrogens is 321 g/mol. The highest BCUT2D eigenvalue weighted by Gasteiger charge is 2.07. The molecule has 1 N–H and O–H groups in total. The minimum atomic E-state index is 0.328. The molecule has 0 aliphatic rings. The van der Waals surface area contributed by atoms with Crippen LogP contribution in [0.2, 0.25) is 0 Å². The monoisotopic (exact) mass is 337 g/mol. The lowest BCUT2D eigenvalue weighted by Crippen LogP contribution is -2.08. The van der Waals surface area contributed by atoms with Crippen molar-refractivity contribution in [1.82, 2.24) is 0 Å². The van der Waals surface area contributed by atoms with Crippen LogP contribution in [0, 0.1) is 10.5 Å². The quantitative estimate of drug-likeness (QED) is 0.796. The molecule has 0 saturated heterocycles. The van der Waals surface area contributed by atoms with Crippen molar-refractivity contribution < 1.29 is 0 Å². The first-order valence-electron chi connectivity index (χ1n) is 5.74. The Labute approximate surface area is 116 Å². The number of hydrogen-bond donors (Lipinski definition) is 1. The van der Waals surface area contributed by atoms with Crippen LogP contribution < -0.4 is 5.32 Å². The van der Waals surface area contributed by atoms with Gasteiger partial charge < -0.3 is 5.32 Å². The maximum Gasteiger partial charge on any atom is 0.0488 e. The summed E-state index contributed by atoms with van der Waals surface area (Å²) in [4.78, 5) is 0. The third kappa shape index (κ3) is 3.22. The molecule has 0 aromatic heterocycles. The van der Waals surface area contributed by atoms with Crippen LogP contribution in [0.3, 0.4) is 0 Å². The molecule has 0 aliphatic carbocycles. The molecule has 2 rings (SSSR count). The molecule has 0 aliphatic heterocycles. The van der Waals surface area contributed by atoms with E-state index in [2.05, 4.69) is 90.3 Å². The van der Waals surface area contributed by atoms with E-state index in [0.717, 1.165) is 0 Å². The lowest BCUT2D eigenvalue weighted by Gasteiger charge is -2.17. The van der Waals surface area contributed by atoms with Gasteiger partial charge in [0, 0.05) is 15.3 Å². The number of nitrogens with one attached hydrogen (secondary N) is 1. The highest BCUT2D eigenvalue weighted by molar-refractivity contribution is 14.1. The summed E-state index contributed by atoms with van der Waals surface area (Å²) in [5.74, 6) is 0. The average Bonchev–Trinajstić information content (AvgIpc) is 2.29. The van der Waals surface area contributed by atoms with E-state index < -0.39 is 0 Å². The van der Waals surface area contributed by atoms with E-state index in [1.807, 2.05) is 0 Å². The van der Waals surface area contributed by atoms with Gasteiger partial charge in [-0.25, -0.2) is 0 Å². The summed E-state index contributed by atoms with van der Waals surface area (Å²) in [5, 5.41) is 3.54. The maximum atomic E-state index is 3.54. The molecule has 0 amide bonds. The molecule has 1 unspecified atom stereocenters. The van der Waals surface area contributed by atoms with Gasteiger partial charge in [0.05, 0.1) is 0 Å². The largest absolute Gasteiger partial charge is 0.378 e. The number of hydrogen-bond acceptors (Lipinski definition) is 1. The summed E-state index contributed by atoms with van der Waals surface area (Å²) in [7, 11) is 0. The van der Waals surface area contributed by atoms with Gasteiger partial charge in [-0.1, -0.05) is 30.3 Å². The first kappa shape index (κ1) is 12.4. The Kier molecular flexibility index (Phi) is 4.05. The Morgan fingerprint density at radius 1 is 1.06 bits per heavy atom. The van der Waals surface area contributed by atoms with E-state index in [0.29, 0.717) is 6.04 Å². The first-order chi connectivity index (χ1) is 8.16. The summed E-state index contributed by atoms with van der Waals surface area (Å²) in [6.07, 6.45) is 0. The van der Waals surface area contributed by atoms with E-state index >= 15 is 0 Å². The number of benzene rings is 2. The minimum absolute atomic E-state index is 0.328. The van der Waals surface area contributed by atoms with Gasteiger partial charge in [0.25, 0.3) is 0 Å². The zero-order chi connectivity index (χ0) is 12.3. The Balaban J connectivity index is 2.17. The lowest BCUT2D eigenvalue weighted by atomic mass is 10.0. The van der Waals surface area contributed by atoms with E-state index in [-0.39, 0.29) is 0 Å². The van der Waals surface area contributed by atoms with E-state index in [4.69, 9.17) is 0 Å². The molecule has 17 heavy (non-hydrogen) atoms. The fourth-order valence-corrected chi connectivity index (χ4v) is 2.52. The summed E-state index contributed by atoms with van der Waals surface area (Å²) < 4.78 is 1.25. The molecule has 2 aromatic rings. The van der Waals surface area contributed by atoms with E-state index in [1.165, 1.54) is 20.4 Å². The zero-order valence-corrected chi connectivity index (χ0v) is 12.2. The van der Waals surface area contributed by atoms with Crippen molar-refractivity contribution in [2.75, 3.05) is 5.32 Å². The van der Waals surface area contributed by atoms with Crippen molar-refractivity contribution in [2.24, 2.45) is 0 Å². The molecule has 0 heterocycles. The minimum Gasteiger partial charge on any atom is -0.378 e. The number of aryl methyl sites for hydroxylation is 1. The molecule has 0 spiro atoms. The van der Waals surface area contributed by atoms with Crippen LogP contribution in [0.25, 0.3) is 0 Å². The molecule has 0 fully saturated rings. The Hall–Kier alpha value is -1.03. The van der Waals surface area contributed by atoms with Gasteiger partial charge in [-0.05, 0) is 65.8 Å². The van der Waals surface area contributed by atoms with Crippen molar-refractivity contribution in [3.8, 4) is 0 Å². The van der Waals surface area contributed by atoms with Crippen molar-refractivity contribution in [1.29, 1.82) is 0 Å². The Bertz CT molecular complexity index is 508. The second-order valence-electron chi connectivity index (χ2n) is 4.23. The van der Waals surface area contributed by atoms with Crippen LogP contribution in [0.5, 0.6) is 0 Å². The molecular formula is C15H16IN. The van der Waals surface area contributed by atoms with Crippen LogP contribution in [0.15, 0.2) is 48.5 Å². The maximum absolute atomic E-state index is 3.54. The zero-order valence-electron chi connectivity index (χ0n) is 10.1. The third-order valence-electron chi connectivity index (χ3n) is 2.86. The van der Waals surface area contributed by atoms with Gasteiger partial charge >= 0.3 is 0 Å². The van der Waals surface area contributed by atoms with Gasteiger partial charge in [-0.2, -0.15) is 0 Å². The summed E-state index contributed by atoms with van der Waals surface area (Å²) >= 11 is 2.33. The predicted octanol–water partition coefficient (Wildman–Crippen LogP) is 4.77. The standard InChI is InChI=1S/C15H16IN/c1-11-6-3-4-9-15(11)12(2)17-14-8-5-7-13(16)10-14/h3-10,12,17H,1-2H3. The highest BCUT2D eigenvalue weighted by Crippen LogP contribution is 2.22. The van der Waals surface area contributed by atoms with Crippen LogP contribution in [-0.2, 0) is 0 Å². The van der Waals surface area contributed by atoms with Crippen LogP contribution in [0.1, 0.15) is 24.1 Å². The predicted molar refractivity (Wildman–Crippen MR) is 82.4 cm³/mol. The van der Waals surface area contributed by atoms with E-state index in [9.17, 15) is 0 Å². The molecule has 2 aromatic carbocycles. The van der Waals surface area contributed by atoms with Gasteiger partial charge in [-0.15, -0.1) is 0 Å². The second-order valence-corrected chi connectivity index (χ2v) is 5.48. The van der Waals surface area contributed by atoms with Crippen molar-refractivity contribution >= 4 is 28.3 Å². The van der Waals surface area contributed by atoms with Crippen molar-refractivity contribution in [2.45, 2.75) is 19.9 Å². The molecule has 0 saturated carbocycles. The molecule has 1 atom stereocenters. The molecule has 0 radical (unpaired) electrons. The van der Waals surface area contributed by atoms with Crippen LogP contribution in [-0.4, -0.2) is 0 Å². The SMILES string of the molecule is Cc1ccccc1C(C)Nc1cccc(I)c1. The first-order valence-corrected chi connectivity index (χ1v) is 6.82. The third-order valence-corrected chi connectivity index (χ3v) is 3.53. The molecule has 0 bridgehead atoms. The topological polar surface area (TPSA) is 12.0 Å². The fourth-order valence-electron chi connectivity index (χ4n) is 1.98. The highest BCUT2D eigenvalue weighted by atomic mass is 127. The lowest BCUT2D eigenvalue weighted by molar-refractivity contribution is 0.874. The van der Waals surface area contributed by atoms with Gasteiger partial charge in [0.1, 0.15) is 0 Å². The van der Waals surface area contributed by atoms with Crippen molar-refractivity contribution in [3.63, 3.8) is 0 Å². The molecule has 88 valence electrons. The Morgan fingerprint density at radius 3 is 2.53 bits per heavy atom. The van der Waals surface area contributed by atoms with Gasteiger partial charge in [0.2, 0.25) is 0 Å². The smallest absolute Gasteiger partial charge is 0.0488 e. The van der Waals surface area contributed by atoms with Crippen molar-refractivity contribution in [3.05, 3.63) is 63.2 Å². The summed E-state index contributed by atoms with van der Waals surface area (Å²) in [5.41, 5.74) is 3.86. The molecule has 2 heteroatoms. The van der Waals surface area contributed by atoms with Crippen LogP contribution in [0.4, 0.5) is 5.69 Å². The summed E-state index contributed by atoms with van der Waals surface area (Å²) in [6, 6.07) is 17.3. The average molecular weight is 337 g/mol. The Morgan fingerprint density at radius 2 is 1.82 bits per heavy atom. The number of halogens is 1.